The Morgan fingerprint density at radius 3 is 2.93 bits per heavy atom. The number of likely N-dealkylation sites (tertiary alicyclic amines) is 1. The molecule has 0 spiro atoms. The van der Waals surface area contributed by atoms with E-state index in [2.05, 4.69) is 14.6 Å². The van der Waals surface area contributed by atoms with Crippen LogP contribution in [0.5, 0.6) is 5.75 Å². The number of nitrogens with zero attached hydrogens (tertiary/aromatic N) is 2. The van der Waals surface area contributed by atoms with Crippen LogP contribution in [0, 0.1) is 0 Å². The number of ether oxygens (including phenoxy) is 1. The number of hydrogen-bond acceptors (Lipinski definition) is 4. The molecule has 0 saturated carbocycles. The Bertz CT molecular complexity index is 243. The Labute approximate surface area is 83.8 Å². The van der Waals surface area contributed by atoms with E-state index < -0.39 is 0 Å². The minimum Gasteiger partial charge on any atom is -0.487 e. The molecule has 4 heteroatoms. The molecule has 1 aromatic rings. The molecule has 1 aliphatic rings. The van der Waals surface area contributed by atoms with Crippen molar-refractivity contribution in [2.24, 2.45) is 0 Å². The first-order valence-corrected chi connectivity index (χ1v) is 5.20. The Morgan fingerprint density at radius 1 is 1.36 bits per heavy atom. The standard InChI is InChI=1S/C10H16N2O2/c1-2-4-12(5-3-1)6-7-13-10-8-11-14-9-10/h8-9H,1-7H2. The third-order valence-corrected chi connectivity index (χ3v) is 2.53. The maximum atomic E-state index is 5.45. The Balaban J connectivity index is 1.62. The molecule has 1 saturated heterocycles. The van der Waals surface area contributed by atoms with Gasteiger partial charge in [0.1, 0.15) is 12.8 Å². The molecule has 78 valence electrons. The van der Waals surface area contributed by atoms with E-state index in [0.717, 1.165) is 18.9 Å². The van der Waals surface area contributed by atoms with Gasteiger partial charge in [-0.3, -0.25) is 4.90 Å². The van der Waals surface area contributed by atoms with E-state index in [9.17, 15) is 0 Å². The van der Waals surface area contributed by atoms with Crippen molar-refractivity contribution >= 4 is 0 Å². The molecule has 0 radical (unpaired) electrons. The summed E-state index contributed by atoms with van der Waals surface area (Å²) >= 11 is 0. The van der Waals surface area contributed by atoms with Crippen molar-refractivity contribution < 1.29 is 9.26 Å². The Hall–Kier alpha value is -1.03. The zero-order valence-electron chi connectivity index (χ0n) is 8.32. The molecular formula is C10H16N2O2. The Kier molecular flexibility index (Phi) is 3.40. The molecular weight excluding hydrogens is 180 g/mol. The zero-order chi connectivity index (χ0) is 9.64. The molecule has 0 bridgehead atoms. The van der Waals surface area contributed by atoms with Crippen LogP contribution < -0.4 is 4.74 Å². The number of hydrogen-bond donors (Lipinski definition) is 0. The lowest BCUT2D eigenvalue weighted by molar-refractivity contribution is 0.183. The average Bonchev–Trinajstić information content (AvgIpc) is 2.72. The molecule has 0 amide bonds. The van der Waals surface area contributed by atoms with Crippen molar-refractivity contribution in [3.05, 3.63) is 12.5 Å². The summed E-state index contributed by atoms with van der Waals surface area (Å²) in [5, 5.41) is 3.57. The van der Waals surface area contributed by atoms with Gasteiger partial charge in [0.15, 0.2) is 12.0 Å². The van der Waals surface area contributed by atoms with Gasteiger partial charge >= 0.3 is 0 Å². The minimum absolute atomic E-state index is 0.723. The second-order valence-electron chi connectivity index (χ2n) is 3.61. The first kappa shape index (κ1) is 9.52. The summed E-state index contributed by atoms with van der Waals surface area (Å²) in [6, 6.07) is 0. The van der Waals surface area contributed by atoms with Crippen LogP contribution in [0.2, 0.25) is 0 Å². The van der Waals surface area contributed by atoms with E-state index in [1.54, 1.807) is 6.20 Å². The van der Waals surface area contributed by atoms with Crippen molar-refractivity contribution in [1.82, 2.24) is 10.1 Å². The molecule has 0 aliphatic carbocycles. The second-order valence-corrected chi connectivity index (χ2v) is 3.61. The fourth-order valence-electron chi connectivity index (χ4n) is 1.74. The quantitative estimate of drug-likeness (QED) is 0.732. The molecule has 2 rings (SSSR count). The first-order valence-electron chi connectivity index (χ1n) is 5.20. The molecule has 14 heavy (non-hydrogen) atoms. The molecule has 0 aromatic carbocycles. The average molecular weight is 196 g/mol. The summed E-state index contributed by atoms with van der Waals surface area (Å²) in [6.07, 6.45) is 7.15. The van der Waals surface area contributed by atoms with Crippen LogP contribution in [-0.2, 0) is 0 Å². The van der Waals surface area contributed by atoms with E-state index in [0.29, 0.717) is 0 Å². The highest BCUT2D eigenvalue weighted by Crippen LogP contribution is 2.09. The summed E-state index contributed by atoms with van der Waals surface area (Å²) in [4.78, 5) is 2.44. The molecule has 1 aromatic heterocycles. The molecule has 4 nitrogen and oxygen atoms in total. The van der Waals surface area contributed by atoms with Gasteiger partial charge < -0.3 is 9.26 Å². The van der Waals surface area contributed by atoms with Crippen LogP contribution in [0.3, 0.4) is 0 Å². The van der Waals surface area contributed by atoms with Crippen molar-refractivity contribution in [1.29, 1.82) is 0 Å². The molecule has 1 aliphatic heterocycles. The van der Waals surface area contributed by atoms with Gasteiger partial charge in [-0.05, 0) is 25.9 Å². The second kappa shape index (κ2) is 5.00. The third kappa shape index (κ3) is 2.73. The van der Waals surface area contributed by atoms with Crippen molar-refractivity contribution in [3.8, 4) is 5.75 Å². The van der Waals surface area contributed by atoms with E-state index >= 15 is 0 Å². The highest BCUT2D eigenvalue weighted by Gasteiger charge is 2.09. The van der Waals surface area contributed by atoms with Crippen LogP contribution >= 0.6 is 0 Å². The van der Waals surface area contributed by atoms with E-state index in [1.807, 2.05) is 0 Å². The van der Waals surface area contributed by atoms with Crippen LogP contribution in [0.1, 0.15) is 19.3 Å². The number of piperidine rings is 1. The van der Waals surface area contributed by atoms with Gasteiger partial charge in [0, 0.05) is 6.54 Å². The van der Waals surface area contributed by atoms with Gasteiger partial charge in [0.2, 0.25) is 0 Å². The predicted molar refractivity (Wildman–Crippen MR) is 52.3 cm³/mol. The van der Waals surface area contributed by atoms with E-state index in [-0.39, 0.29) is 0 Å². The fourth-order valence-corrected chi connectivity index (χ4v) is 1.74. The molecule has 2 heterocycles. The minimum atomic E-state index is 0.723. The van der Waals surface area contributed by atoms with Gasteiger partial charge in [0.25, 0.3) is 0 Å². The molecule has 0 N–H and O–H groups in total. The summed E-state index contributed by atoms with van der Waals surface area (Å²) in [7, 11) is 0. The van der Waals surface area contributed by atoms with Gasteiger partial charge in [0.05, 0.1) is 0 Å². The SMILES string of the molecule is c1nocc1OCCN1CCCCC1. The van der Waals surface area contributed by atoms with E-state index in [4.69, 9.17) is 4.74 Å². The smallest absolute Gasteiger partial charge is 0.178 e. The lowest BCUT2D eigenvalue weighted by Gasteiger charge is -2.25. The largest absolute Gasteiger partial charge is 0.487 e. The summed E-state index contributed by atoms with van der Waals surface area (Å²) in [5.74, 6) is 0.724. The Morgan fingerprint density at radius 2 is 2.21 bits per heavy atom. The first-order chi connectivity index (χ1) is 6.95. The highest BCUT2D eigenvalue weighted by molar-refractivity contribution is 5.07. The summed E-state index contributed by atoms with van der Waals surface area (Å²) < 4.78 is 10.1. The molecule has 1 fully saturated rings. The van der Waals surface area contributed by atoms with Crippen LogP contribution in [0.25, 0.3) is 0 Å². The van der Waals surface area contributed by atoms with Crippen molar-refractivity contribution in [2.45, 2.75) is 19.3 Å². The maximum absolute atomic E-state index is 5.45. The van der Waals surface area contributed by atoms with Gasteiger partial charge in [-0.2, -0.15) is 0 Å². The van der Waals surface area contributed by atoms with Crippen molar-refractivity contribution in [3.63, 3.8) is 0 Å². The van der Waals surface area contributed by atoms with Gasteiger partial charge in [-0.1, -0.05) is 11.6 Å². The van der Waals surface area contributed by atoms with Gasteiger partial charge in [-0.25, -0.2) is 0 Å². The van der Waals surface area contributed by atoms with Gasteiger partial charge in [-0.15, -0.1) is 0 Å². The summed E-state index contributed by atoms with van der Waals surface area (Å²) in [5.41, 5.74) is 0. The molecule has 0 unspecified atom stereocenters. The normalized spacial score (nSPS) is 18.3. The predicted octanol–water partition coefficient (Wildman–Crippen LogP) is 1.54. The number of aromatic nitrogens is 1. The monoisotopic (exact) mass is 196 g/mol. The maximum Gasteiger partial charge on any atom is 0.178 e. The fraction of sp³-hybridized carbons (Fsp3) is 0.700. The van der Waals surface area contributed by atoms with Crippen molar-refractivity contribution in [2.75, 3.05) is 26.2 Å². The summed E-state index contributed by atoms with van der Waals surface area (Å²) in [6.45, 7) is 4.16. The van der Waals surface area contributed by atoms with Crippen LogP contribution in [-0.4, -0.2) is 36.3 Å². The van der Waals surface area contributed by atoms with Crippen LogP contribution in [0.4, 0.5) is 0 Å². The zero-order valence-corrected chi connectivity index (χ0v) is 8.32. The number of rotatable bonds is 4. The third-order valence-electron chi connectivity index (χ3n) is 2.53. The topological polar surface area (TPSA) is 38.5 Å². The molecule has 0 atom stereocenters. The lowest BCUT2D eigenvalue weighted by atomic mass is 10.1. The van der Waals surface area contributed by atoms with Crippen LogP contribution in [0.15, 0.2) is 17.0 Å². The highest BCUT2D eigenvalue weighted by atomic mass is 16.5. The lowest BCUT2D eigenvalue weighted by Crippen LogP contribution is -2.33. The van der Waals surface area contributed by atoms with E-state index in [1.165, 1.54) is 38.6 Å².